The Morgan fingerprint density at radius 3 is 2.69 bits per heavy atom. The smallest absolute Gasteiger partial charge is 0.233 e. The van der Waals surface area contributed by atoms with Crippen molar-refractivity contribution >= 4 is 57.3 Å². The Labute approximate surface area is 222 Å². The molecular weight excluding hydrogens is 523 g/mol. The highest BCUT2D eigenvalue weighted by atomic mass is 35.5. The first-order chi connectivity index (χ1) is 16.5. The van der Waals surface area contributed by atoms with Gasteiger partial charge in [-0.25, -0.2) is 18.4 Å². The lowest BCUT2D eigenvalue weighted by molar-refractivity contribution is 0.488. The fourth-order valence-electron chi connectivity index (χ4n) is 4.01. The molecule has 0 saturated heterocycles. The maximum Gasteiger partial charge on any atom is 0.233 e. The van der Waals surface area contributed by atoms with Crippen LogP contribution in [-0.4, -0.2) is 54.7 Å². The Kier molecular flexibility index (Phi) is 8.60. The van der Waals surface area contributed by atoms with Gasteiger partial charge in [-0.2, -0.15) is 4.98 Å². The number of anilines is 4. The Morgan fingerprint density at radius 1 is 1.19 bits per heavy atom. The van der Waals surface area contributed by atoms with Crippen LogP contribution in [0.3, 0.4) is 0 Å². The minimum atomic E-state index is -3.49. The number of sulfonamides is 1. The van der Waals surface area contributed by atoms with E-state index in [1.807, 2.05) is 6.07 Å². The summed E-state index contributed by atoms with van der Waals surface area (Å²) in [5.74, 6) is 1.01. The standard InChI is InChI=1S/C23H29ClN8O2S.ClH/c1-23(2)14-25-8-7-15-11-16(5-6-17(15)23)30-22-29-12-18(24)20(31-22)28-13-19-21(27-10-9-26-19)32(3)35(4,33)34;/h5-6,9-12,25H,7-8,13-14H2,1-4H3,(H2,28,29,30,31);1H. The van der Waals surface area contributed by atoms with E-state index < -0.39 is 10.0 Å². The van der Waals surface area contributed by atoms with Gasteiger partial charge in [0.2, 0.25) is 16.0 Å². The minimum absolute atomic E-state index is 0. The second kappa shape index (κ2) is 11.1. The van der Waals surface area contributed by atoms with E-state index in [9.17, 15) is 8.42 Å². The van der Waals surface area contributed by atoms with Gasteiger partial charge < -0.3 is 16.0 Å². The molecule has 194 valence electrons. The van der Waals surface area contributed by atoms with Crippen LogP contribution in [0.2, 0.25) is 5.02 Å². The van der Waals surface area contributed by atoms with Crippen molar-refractivity contribution in [1.82, 2.24) is 25.3 Å². The quantitative estimate of drug-likeness (QED) is 0.403. The molecule has 0 spiro atoms. The molecule has 0 atom stereocenters. The summed E-state index contributed by atoms with van der Waals surface area (Å²) in [7, 11) is -2.06. The zero-order valence-corrected chi connectivity index (χ0v) is 22.9. The van der Waals surface area contributed by atoms with Gasteiger partial charge in [-0.05, 0) is 36.2 Å². The normalized spacial score (nSPS) is 14.7. The van der Waals surface area contributed by atoms with Crippen molar-refractivity contribution in [1.29, 1.82) is 0 Å². The highest BCUT2D eigenvalue weighted by Gasteiger charge is 2.25. The molecule has 1 aromatic carbocycles. The third kappa shape index (κ3) is 6.33. The molecule has 0 amide bonds. The molecule has 0 fully saturated rings. The van der Waals surface area contributed by atoms with E-state index in [0.29, 0.717) is 22.5 Å². The number of hydrogen-bond donors (Lipinski definition) is 3. The zero-order chi connectivity index (χ0) is 25.2. The van der Waals surface area contributed by atoms with Crippen molar-refractivity contribution < 1.29 is 8.42 Å². The number of nitrogens with zero attached hydrogens (tertiary/aromatic N) is 5. The van der Waals surface area contributed by atoms with Crippen LogP contribution in [0.15, 0.2) is 36.8 Å². The molecule has 1 aliphatic heterocycles. The molecule has 0 bridgehead atoms. The van der Waals surface area contributed by atoms with E-state index >= 15 is 0 Å². The van der Waals surface area contributed by atoms with Crippen LogP contribution in [0, 0.1) is 0 Å². The number of fused-ring (bicyclic) bond motifs is 1. The number of nitrogens with one attached hydrogen (secondary N) is 3. The van der Waals surface area contributed by atoms with Gasteiger partial charge in [-0.1, -0.05) is 31.5 Å². The summed E-state index contributed by atoms with van der Waals surface area (Å²) < 4.78 is 25.0. The van der Waals surface area contributed by atoms with Gasteiger partial charge >= 0.3 is 0 Å². The van der Waals surface area contributed by atoms with E-state index in [2.05, 4.69) is 61.9 Å². The third-order valence-corrected chi connectivity index (χ3v) is 7.39. The van der Waals surface area contributed by atoms with Crippen molar-refractivity contribution in [3.63, 3.8) is 0 Å². The molecule has 10 nitrogen and oxygen atoms in total. The van der Waals surface area contributed by atoms with Gasteiger partial charge in [0.1, 0.15) is 10.7 Å². The number of rotatable bonds is 7. The van der Waals surface area contributed by atoms with Crippen LogP contribution in [0.4, 0.5) is 23.3 Å². The molecule has 13 heteroatoms. The first-order valence-corrected chi connectivity index (χ1v) is 13.4. The molecule has 1 aliphatic rings. The number of benzene rings is 1. The fourth-order valence-corrected chi connectivity index (χ4v) is 4.63. The maximum atomic E-state index is 12.0. The van der Waals surface area contributed by atoms with Crippen LogP contribution in [0.1, 0.15) is 30.7 Å². The van der Waals surface area contributed by atoms with E-state index in [-0.39, 0.29) is 30.2 Å². The lowest BCUT2D eigenvalue weighted by Gasteiger charge is -2.25. The first-order valence-electron chi connectivity index (χ1n) is 11.2. The van der Waals surface area contributed by atoms with Crippen molar-refractivity contribution in [2.24, 2.45) is 0 Å². The Balaban J connectivity index is 0.00000361. The maximum absolute atomic E-state index is 12.0. The number of aromatic nitrogens is 4. The van der Waals surface area contributed by atoms with Gasteiger partial charge in [-0.3, -0.25) is 9.29 Å². The van der Waals surface area contributed by atoms with Crippen molar-refractivity contribution in [3.8, 4) is 0 Å². The van der Waals surface area contributed by atoms with Crippen LogP contribution in [-0.2, 0) is 28.4 Å². The van der Waals surface area contributed by atoms with E-state index in [1.165, 1.54) is 36.8 Å². The number of hydrogen-bond acceptors (Lipinski definition) is 9. The molecule has 3 heterocycles. The molecule has 0 saturated carbocycles. The lowest BCUT2D eigenvalue weighted by Crippen LogP contribution is -2.31. The van der Waals surface area contributed by atoms with Crippen LogP contribution in [0.25, 0.3) is 0 Å². The van der Waals surface area contributed by atoms with Gasteiger partial charge in [0.05, 0.1) is 19.0 Å². The monoisotopic (exact) mass is 552 g/mol. The Hall–Kier alpha value is -2.73. The van der Waals surface area contributed by atoms with Crippen LogP contribution in [0.5, 0.6) is 0 Å². The molecule has 0 radical (unpaired) electrons. The summed E-state index contributed by atoms with van der Waals surface area (Å²) in [5.41, 5.74) is 4.02. The largest absolute Gasteiger partial charge is 0.363 e. The summed E-state index contributed by atoms with van der Waals surface area (Å²) in [6, 6.07) is 6.33. The Bertz CT molecular complexity index is 1340. The van der Waals surface area contributed by atoms with Crippen LogP contribution >= 0.6 is 24.0 Å². The van der Waals surface area contributed by atoms with Gasteiger partial charge in [0.25, 0.3) is 0 Å². The summed E-state index contributed by atoms with van der Waals surface area (Å²) in [6.45, 7) is 6.53. The van der Waals surface area contributed by atoms with Crippen molar-refractivity contribution in [3.05, 3.63) is 58.6 Å². The summed E-state index contributed by atoms with van der Waals surface area (Å²) in [5, 5.41) is 10.2. The third-order valence-electron chi connectivity index (χ3n) is 5.94. The topological polar surface area (TPSA) is 125 Å². The van der Waals surface area contributed by atoms with Crippen molar-refractivity contribution in [2.75, 3.05) is 41.3 Å². The molecule has 2 aromatic heterocycles. The van der Waals surface area contributed by atoms with Gasteiger partial charge in [0.15, 0.2) is 11.6 Å². The van der Waals surface area contributed by atoms with Gasteiger partial charge in [0, 0.05) is 37.1 Å². The van der Waals surface area contributed by atoms with E-state index in [4.69, 9.17) is 11.6 Å². The van der Waals surface area contributed by atoms with Gasteiger partial charge in [-0.15, -0.1) is 12.4 Å². The SMILES string of the molecule is CN(c1nccnc1CNc1nc(Nc2ccc3c(c2)CCNCC3(C)C)ncc1Cl)S(C)(=O)=O.Cl. The summed E-state index contributed by atoms with van der Waals surface area (Å²) in [6.07, 6.45) is 6.51. The lowest BCUT2D eigenvalue weighted by atomic mass is 9.82. The predicted octanol–water partition coefficient (Wildman–Crippen LogP) is 3.52. The highest BCUT2D eigenvalue weighted by molar-refractivity contribution is 7.92. The molecule has 4 rings (SSSR count). The number of halogens is 2. The average molecular weight is 554 g/mol. The molecular formula is C23H30Cl2N8O2S. The van der Waals surface area contributed by atoms with E-state index in [1.54, 1.807) is 0 Å². The average Bonchev–Trinajstić information content (AvgIpc) is 2.96. The second-order valence-electron chi connectivity index (χ2n) is 9.11. The van der Waals surface area contributed by atoms with E-state index in [0.717, 1.165) is 35.8 Å². The molecule has 0 aliphatic carbocycles. The molecule has 3 N–H and O–H groups in total. The van der Waals surface area contributed by atoms with Crippen molar-refractivity contribution in [2.45, 2.75) is 32.2 Å². The predicted molar refractivity (Wildman–Crippen MR) is 146 cm³/mol. The van der Waals surface area contributed by atoms with Crippen LogP contribution < -0.4 is 20.3 Å². The Morgan fingerprint density at radius 2 is 1.94 bits per heavy atom. The minimum Gasteiger partial charge on any atom is -0.363 e. The molecule has 3 aromatic rings. The first kappa shape index (κ1) is 27.9. The highest BCUT2D eigenvalue weighted by Crippen LogP contribution is 2.31. The zero-order valence-electron chi connectivity index (χ0n) is 20.5. The summed E-state index contributed by atoms with van der Waals surface area (Å²) >= 11 is 6.32. The molecule has 0 unspecified atom stereocenters. The second-order valence-corrected chi connectivity index (χ2v) is 11.5. The molecule has 36 heavy (non-hydrogen) atoms. The fraction of sp³-hybridized carbons (Fsp3) is 0.391. The summed E-state index contributed by atoms with van der Waals surface area (Å²) in [4.78, 5) is 17.2.